The molecule has 3 rings (SSSR count). The fourth-order valence-corrected chi connectivity index (χ4v) is 4.55. The van der Waals surface area contributed by atoms with Crippen LogP contribution in [-0.4, -0.2) is 37.3 Å². The minimum atomic E-state index is -3.78. The summed E-state index contributed by atoms with van der Waals surface area (Å²) in [6.07, 6.45) is 3.31. The Bertz CT molecular complexity index is 782. The molecule has 24 heavy (non-hydrogen) atoms. The summed E-state index contributed by atoms with van der Waals surface area (Å²) in [5.74, 6) is -0.545. The molecule has 1 aromatic heterocycles. The Hall–Kier alpha value is -1.54. The third-order valence-corrected chi connectivity index (χ3v) is 5.77. The van der Waals surface area contributed by atoms with Gasteiger partial charge in [0, 0.05) is 32.0 Å². The lowest BCUT2D eigenvalue weighted by molar-refractivity contribution is 0.271. The summed E-state index contributed by atoms with van der Waals surface area (Å²) >= 11 is 0. The predicted octanol–water partition coefficient (Wildman–Crippen LogP) is 2.29. The van der Waals surface area contributed by atoms with Crippen LogP contribution >= 0.6 is 12.4 Å². The van der Waals surface area contributed by atoms with Gasteiger partial charge in [0.15, 0.2) is 0 Å². The number of aryl methyl sites for hydroxylation is 1. The molecule has 2 aromatic rings. The van der Waals surface area contributed by atoms with Crippen LogP contribution in [0.3, 0.4) is 0 Å². The first-order chi connectivity index (χ1) is 11.0. The predicted molar refractivity (Wildman–Crippen MR) is 92.1 cm³/mol. The van der Waals surface area contributed by atoms with E-state index in [1.165, 1.54) is 16.4 Å². The van der Waals surface area contributed by atoms with Gasteiger partial charge in [-0.05, 0) is 42.3 Å². The van der Waals surface area contributed by atoms with Crippen LogP contribution in [-0.2, 0) is 10.0 Å². The number of hydrogen-bond acceptors (Lipinski definition) is 4. The van der Waals surface area contributed by atoms with E-state index in [9.17, 15) is 12.8 Å². The van der Waals surface area contributed by atoms with Crippen molar-refractivity contribution in [3.63, 3.8) is 0 Å². The molecule has 5 nitrogen and oxygen atoms in total. The molecule has 0 amide bonds. The second-order valence-corrected chi connectivity index (χ2v) is 7.48. The maximum absolute atomic E-state index is 13.6. The van der Waals surface area contributed by atoms with E-state index >= 15 is 0 Å². The van der Waals surface area contributed by atoms with E-state index in [1.807, 2.05) is 6.07 Å². The lowest BCUT2D eigenvalue weighted by Gasteiger charge is -2.35. The normalized spacial score (nSPS) is 18.8. The Morgan fingerprint density at radius 3 is 2.79 bits per heavy atom. The molecule has 1 N–H and O–H groups in total. The highest BCUT2D eigenvalue weighted by Crippen LogP contribution is 2.29. The van der Waals surface area contributed by atoms with Gasteiger partial charge in [-0.3, -0.25) is 4.98 Å². The minimum absolute atomic E-state index is 0. The van der Waals surface area contributed by atoms with E-state index in [0.29, 0.717) is 25.2 Å². The zero-order valence-electron chi connectivity index (χ0n) is 13.1. The second-order valence-electron chi connectivity index (χ2n) is 5.59. The molecule has 8 heteroatoms. The number of hydrogen-bond donors (Lipinski definition) is 1. The number of rotatable bonds is 3. The van der Waals surface area contributed by atoms with Gasteiger partial charge in [-0.25, -0.2) is 12.8 Å². The van der Waals surface area contributed by atoms with Gasteiger partial charge in [0.05, 0.1) is 10.9 Å². The van der Waals surface area contributed by atoms with Crippen molar-refractivity contribution in [2.24, 2.45) is 0 Å². The molecule has 2 heterocycles. The molecule has 1 fully saturated rings. The number of benzene rings is 1. The van der Waals surface area contributed by atoms with Crippen LogP contribution in [0.15, 0.2) is 47.6 Å². The number of piperazine rings is 1. The number of nitrogens with zero attached hydrogens (tertiary/aromatic N) is 2. The number of aromatic nitrogens is 1. The van der Waals surface area contributed by atoms with E-state index in [-0.39, 0.29) is 23.3 Å². The van der Waals surface area contributed by atoms with Crippen molar-refractivity contribution in [1.82, 2.24) is 14.6 Å². The highest BCUT2D eigenvalue weighted by Gasteiger charge is 2.34. The van der Waals surface area contributed by atoms with Crippen LogP contribution in [0.25, 0.3) is 0 Å². The van der Waals surface area contributed by atoms with Gasteiger partial charge in [-0.2, -0.15) is 4.31 Å². The molecule has 0 saturated carbocycles. The third-order valence-electron chi connectivity index (χ3n) is 3.89. The standard InChI is InChI=1S/C16H18FN3O2S.ClH/c1-12-7-14(17)9-15(8-12)23(21,22)20-6-5-19-11-16(20)13-3-2-4-18-10-13;/h2-4,7-10,16,19H,5-6,11H2,1H3;1H. The van der Waals surface area contributed by atoms with Crippen LogP contribution in [0.1, 0.15) is 17.2 Å². The van der Waals surface area contributed by atoms with Crippen LogP contribution in [0, 0.1) is 12.7 Å². The fraction of sp³-hybridized carbons (Fsp3) is 0.312. The number of nitrogens with one attached hydrogen (secondary N) is 1. The van der Waals surface area contributed by atoms with E-state index in [4.69, 9.17) is 0 Å². The number of sulfonamides is 1. The SMILES string of the molecule is Cc1cc(F)cc(S(=O)(=O)N2CCNCC2c2cccnc2)c1.Cl. The summed E-state index contributed by atoms with van der Waals surface area (Å²) < 4.78 is 41.0. The Morgan fingerprint density at radius 1 is 1.33 bits per heavy atom. The lowest BCUT2D eigenvalue weighted by atomic mass is 10.1. The van der Waals surface area contributed by atoms with Crippen LogP contribution in [0.5, 0.6) is 0 Å². The summed E-state index contributed by atoms with van der Waals surface area (Å²) in [4.78, 5) is 4.06. The average Bonchev–Trinajstić information content (AvgIpc) is 2.55. The molecule has 1 aliphatic heterocycles. The summed E-state index contributed by atoms with van der Waals surface area (Å²) in [5, 5.41) is 3.20. The second kappa shape index (κ2) is 7.57. The van der Waals surface area contributed by atoms with E-state index in [1.54, 1.807) is 25.4 Å². The van der Waals surface area contributed by atoms with E-state index < -0.39 is 15.8 Å². The Kier molecular flexibility index (Phi) is 5.92. The number of halogens is 2. The first kappa shape index (κ1) is 18.8. The molecule has 0 radical (unpaired) electrons. The van der Waals surface area contributed by atoms with Crippen LogP contribution < -0.4 is 5.32 Å². The van der Waals surface area contributed by atoms with Gasteiger partial charge in [0.25, 0.3) is 0 Å². The van der Waals surface area contributed by atoms with Gasteiger partial charge < -0.3 is 5.32 Å². The topological polar surface area (TPSA) is 62.3 Å². The van der Waals surface area contributed by atoms with Crippen LogP contribution in [0.2, 0.25) is 0 Å². The largest absolute Gasteiger partial charge is 0.313 e. The van der Waals surface area contributed by atoms with Crippen molar-refractivity contribution < 1.29 is 12.8 Å². The summed E-state index contributed by atoms with van der Waals surface area (Å²) in [6, 6.07) is 7.16. The zero-order valence-corrected chi connectivity index (χ0v) is 14.8. The maximum Gasteiger partial charge on any atom is 0.243 e. The first-order valence-electron chi connectivity index (χ1n) is 7.38. The summed E-state index contributed by atoms with van der Waals surface area (Å²) in [6.45, 7) is 3.07. The Labute approximate surface area is 147 Å². The van der Waals surface area contributed by atoms with Crippen LogP contribution in [0.4, 0.5) is 4.39 Å². The fourth-order valence-electron chi connectivity index (χ4n) is 2.82. The maximum atomic E-state index is 13.6. The van der Waals surface area contributed by atoms with E-state index in [2.05, 4.69) is 10.3 Å². The van der Waals surface area contributed by atoms with Crippen molar-refractivity contribution in [1.29, 1.82) is 0 Å². The Balaban J connectivity index is 0.00000208. The molecule has 0 spiro atoms. The molecule has 1 atom stereocenters. The van der Waals surface area contributed by atoms with Gasteiger partial charge in [-0.15, -0.1) is 12.4 Å². The van der Waals surface area contributed by atoms with Crippen molar-refractivity contribution in [3.05, 3.63) is 59.7 Å². The molecule has 1 unspecified atom stereocenters. The van der Waals surface area contributed by atoms with Crippen molar-refractivity contribution in [2.75, 3.05) is 19.6 Å². The van der Waals surface area contributed by atoms with E-state index in [0.717, 1.165) is 11.6 Å². The molecule has 1 saturated heterocycles. The molecular weight excluding hydrogens is 353 g/mol. The third kappa shape index (κ3) is 3.75. The first-order valence-corrected chi connectivity index (χ1v) is 8.82. The molecular formula is C16H19ClFN3O2S. The average molecular weight is 372 g/mol. The molecule has 0 bridgehead atoms. The van der Waals surface area contributed by atoms with Crippen molar-refractivity contribution in [2.45, 2.75) is 17.9 Å². The number of pyridine rings is 1. The molecule has 0 aliphatic carbocycles. The van der Waals surface area contributed by atoms with Gasteiger partial charge >= 0.3 is 0 Å². The minimum Gasteiger partial charge on any atom is -0.313 e. The molecule has 1 aromatic carbocycles. The van der Waals surface area contributed by atoms with Gasteiger partial charge in [0.2, 0.25) is 10.0 Å². The monoisotopic (exact) mass is 371 g/mol. The van der Waals surface area contributed by atoms with Gasteiger partial charge in [0.1, 0.15) is 5.82 Å². The molecule has 1 aliphatic rings. The van der Waals surface area contributed by atoms with Gasteiger partial charge in [-0.1, -0.05) is 6.07 Å². The van der Waals surface area contributed by atoms with Crippen molar-refractivity contribution in [3.8, 4) is 0 Å². The highest BCUT2D eigenvalue weighted by atomic mass is 35.5. The smallest absolute Gasteiger partial charge is 0.243 e. The summed E-state index contributed by atoms with van der Waals surface area (Å²) in [5.41, 5.74) is 1.40. The lowest BCUT2D eigenvalue weighted by Crippen LogP contribution is -2.48. The molecule has 130 valence electrons. The summed E-state index contributed by atoms with van der Waals surface area (Å²) in [7, 11) is -3.78. The zero-order chi connectivity index (χ0) is 16.4. The Morgan fingerprint density at radius 2 is 2.12 bits per heavy atom. The highest BCUT2D eigenvalue weighted by molar-refractivity contribution is 7.89. The van der Waals surface area contributed by atoms with Crippen molar-refractivity contribution >= 4 is 22.4 Å². The quantitative estimate of drug-likeness (QED) is 0.899.